The highest BCUT2D eigenvalue weighted by Crippen LogP contribution is 2.31. The summed E-state index contributed by atoms with van der Waals surface area (Å²) in [4.78, 5) is 4.41. The normalized spacial score (nSPS) is 22.9. The number of nitrogens with zero attached hydrogens (tertiary/aromatic N) is 1. The molecule has 0 bridgehead atoms. The third kappa shape index (κ3) is 2.58. The second-order valence-corrected chi connectivity index (χ2v) is 5.84. The summed E-state index contributed by atoms with van der Waals surface area (Å²) in [5.74, 6) is 0.792. The first kappa shape index (κ1) is 13.2. The van der Waals surface area contributed by atoms with E-state index < -0.39 is 0 Å². The summed E-state index contributed by atoms with van der Waals surface area (Å²) in [5.41, 5.74) is 8.78. The van der Waals surface area contributed by atoms with Gasteiger partial charge in [-0.2, -0.15) is 0 Å². The fourth-order valence-corrected chi connectivity index (χ4v) is 3.38. The van der Waals surface area contributed by atoms with Crippen molar-refractivity contribution in [3.63, 3.8) is 0 Å². The molecular weight excluding hydrogens is 246 g/mol. The van der Waals surface area contributed by atoms with Gasteiger partial charge >= 0.3 is 0 Å². The maximum absolute atomic E-state index is 5.84. The molecule has 0 radical (unpaired) electrons. The molecule has 1 aromatic heterocycles. The van der Waals surface area contributed by atoms with Gasteiger partial charge in [0.1, 0.15) is 0 Å². The predicted octanol–water partition coefficient (Wildman–Crippen LogP) is 4.20. The van der Waals surface area contributed by atoms with Gasteiger partial charge in [0, 0.05) is 29.0 Å². The Balaban J connectivity index is 1.90. The predicted molar refractivity (Wildman–Crippen MR) is 85.8 cm³/mol. The van der Waals surface area contributed by atoms with Crippen molar-refractivity contribution in [1.82, 2.24) is 4.98 Å². The van der Waals surface area contributed by atoms with Crippen molar-refractivity contribution < 1.29 is 0 Å². The number of aromatic nitrogens is 1. The van der Waals surface area contributed by atoms with E-state index in [-0.39, 0.29) is 0 Å². The molecule has 0 saturated heterocycles. The van der Waals surface area contributed by atoms with E-state index in [2.05, 4.69) is 29.4 Å². The fourth-order valence-electron chi connectivity index (χ4n) is 3.38. The highest BCUT2D eigenvalue weighted by atomic mass is 14.9. The molecule has 2 atom stereocenters. The Morgan fingerprint density at radius 3 is 2.95 bits per heavy atom. The zero-order valence-electron chi connectivity index (χ0n) is 12.1. The van der Waals surface area contributed by atoms with Crippen LogP contribution in [0.4, 0.5) is 11.4 Å². The standard InChI is InChI=1S/C17H23N3/c1-2-12-5-3-4-6-15(12)20-16-9-10-19-17-11-13(18)7-8-14(16)17/h7-12,15H,2-6,18H2,1H3,(H,19,20). The molecule has 1 aromatic carbocycles. The molecule has 0 spiro atoms. The minimum absolute atomic E-state index is 0.594. The van der Waals surface area contributed by atoms with Crippen LogP contribution in [0, 0.1) is 5.92 Å². The van der Waals surface area contributed by atoms with Gasteiger partial charge in [-0.05, 0) is 43.0 Å². The van der Waals surface area contributed by atoms with E-state index >= 15 is 0 Å². The van der Waals surface area contributed by atoms with Crippen LogP contribution in [0.3, 0.4) is 0 Å². The number of nitrogen functional groups attached to an aromatic ring is 1. The number of anilines is 2. The van der Waals surface area contributed by atoms with E-state index in [9.17, 15) is 0 Å². The Kier molecular flexibility index (Phi) is 3.77. The van der Waals surface area contributed by atoms with Crippen LogP contribution in [0.25, 0.3) is 10.9 Å². The second kappa shape index (κ2) is 5.70. The largest absolute Gasteiger partial charge is 0.399 e. The van der Waals surface area contributed by atoms with Crippen molar-refractivity contribution in [2.45, 2.75) is 45.1 Å². The molecule has 1 heterocycles. The molecule has 1 saturated carbocycles. The lowest BCUT2D eigenvalue weighted by molar-refractivity contribution is 0.317. The van der Waals surface area contributed by atoms with Gasteiger partial charge in [-0.1, -0.05) is 26.2 Å². The van der Waals surface area contributed by atoms with Crippen LogP contribution in [0.15, 0.2) is 30.5 Å². The molecule has 3 heteroatoms. The topological polar surface area (TPSA) is 50.9 Å². The third-order valence-electron chi connectivity index (χ3n) is 4.54. The number of hydrogen-bond acceptors (Lipinski definition) is 3. The lowest BCUT2D eigenvalue weighted by atomic mass is 9.82. The molecule has 0 aliphatic heterocycles. The first-order valence-electron chi connectivity index (χ1n) is 7.68. The molecule has 1 fully saturated rings. The molecule has 1 aliphatic rings. The van der Waals surface area contributed by atoms with Crippen LogP contribution in [0.2, 0.25) is 0 Å². The summed E-state index contributed by atoms with van der Waals surface area (Å²) < 4.78 is 0. The summed E-state index contributed by atoms with van der Waals surface area (Å²) in [6.07, 6.45) is 8.47. The van der Waals surface area contributed by atoms with Gasteiger partial charge in [-0.15, -0.1) is 0 Å². The molecule has 3 nitrogen and oxygen atoms in total. The van der Waals surface area contributed by atoms with Gasteiger partial charge in [0.2, 0.25) is 0 Å². The summed E-state index contributed by atoms with van der Waals surface area (Å²) in [5, 5.41) is 4.93. The van der Waals surface area contributed by atoms with E-state index in [1.807, 2.05) is 18.3 Å². The minimum atomic E-state index is 0.594. The lowest BCUT2D eigenvalue weighted by Crippen LogP contribution is -2.31. The second-order valence-electron chi connectivity index (χ2n) is 5.84. The first-order valence-corrected chi connectivity index (χ1v) is 7.68. The Hall–Kier alpha value is -1.77. The number of fused-ring (bicyclic) bond motifs is 1. The lowest BCUT2D eigenvalue weighted by Gasteiger charge is -2.32. The molecule has 2 unspecified atom stereocenters. The van der Waals surface area contributed by atoms with E-state index in [0.717, 1.165) is 17.1 Å². The Labute approximate surface area is 120 Å². The van der Waals surface area contributed by atoms with Crippen LogP contribution < -0.4 is 11.1 Å². The van der Waals surface area contributed by atoms with Crippen molar-refractivity contribution in [3.8, 4) is 0 Å². The summed E-state index contributed by atoms with van der Waals surface area (Å²) >= 11 is 0. The fraction of sp³-hybridized carbons (Fsp3) is 0.471. The van der Waals surface area contributed by atoms with Crippen molar-refractivity contribution >= 4 is 22.3 Å². The molecule has 106 valence electrons. The van der Waals surface area contributed by atoms with Gasteiger partial charge in [0.25, 0.3) is 0 Å². The molecule has 3 rings (SSSR count). The van der Waals surface area contributed by atoms with Gasteiger partial charge in [-0.3, -0.25) is 4.98 Å². The number of rotatable bonds is 3. The maximum atomic E-state index is 5.84. The zero-order chi connectivity index (χ0) is 13.9. The van der Waals surface area contributed by atoms with E-state index in [4.69, 9.17) is 5.73 Å². The number of nitrogens with one attached hydrogen (secondary N) is 1. The van der Waals surface area contributed by atoms with Crippen molar-refractivity contribution in [2.75, 3.05) is 11.1 Å². The average Bonchev–Trinajstić information content (AvgIpc) is 2.47. The molecule has 2 aromatic rings. The van der Waals surface area contributed by atoms with Crippen molar-refractivity contribution in [2.24, 2.45) is 5.92 Å². The Morgan fingerprint density at radius 2 is 2.10 bits per heavy atom. The minimum Gasteiger partial charge on any atom is -0.399 e. The van der Waals surface area contributed by atoms with E-state index in [0.29, 0.717) is 6.04 Å². The monoisotopic (exact) mass is 269 g/mol. The first-order chi connectivity index (χ1) is 9.78. The SMILES string of the molecule is CCC1CCCCC1Nc1ccnc2cc(N)ccc12. The Morgan fingerprint density at radius 1 is 1.25 bits per heavy atom. The van der Waals surface area contributed by atoms with Crippen LogP contribution in [0.5, 0.6) is 0 Å². The highest BCUT2D eigenvalue weighted by Gasteiger charge is 2.23. The maximum Gasteiger partial charge on any atom is 0.0743 e. The van der Waals surface area contributed by atoms with Gasteiger partial charge in [0.15, 0.2) is 0 Å². The van der Waals surface area contributed by atoms with Crippen molar-refractivity contribution in [1.29, 1.82) is 0 Å². The molecule has 3 N–H and O–H groups in total. The number of benzene rings is 1. The van der Waals surface area contributed by atoms with Gasteiger partial charge in [0.05, 0.1) is 5.52 Å². The van der Waals surface area contributed by atoms with E-state index in [1.165, 1.54) is 43.2 Å². The van der Waals surface area contributed by atoms with Crippen LogP contribution in [0.1, 0.15) is 39.0 Å². The van der Waals surface area contributed by atoms with Gasteiger partial charge in [-0.25, -0.2) is 0 Å². The molecular formula is C17H23N3. The van der Waals surface area contributed by atoms with Gasteiger partial charge < -0.3 is 11.1 Å². The quantitative estimate of drug-likeness (QED) is 0.821. The van der Waals surface area contributed by atoms with Crippen LogP contribution >= 0.6 is 0 Å². The smallest absolute Gasteiger partial charge is 0.0743 e. The number of nitrogens with two attached hydrogens (primary N) is 1. The molecule has 20 heavy (non-hydrogen) atoms. The number of pyridine rings is 1. The average molecular weight is 269 g/mol. The number of hydrogen-bond donors (Lipinski definition) is 2. The summed E-state index contributed by atoms with van der Waals surface area (Å²) in [6.45, 7) is 2.30. The highest BCUT2D eigenvalue weighted by molar-refractivity contribution is 5.92. The van der Waals surface area contributed by atoms with Crippen LogP contribution in [-0.2, 0) is 0 Å². The summed E-state index contributed by atoms with van der Waals surface area (Å²) in [6, 6.07) is 8.65. The molecule has 1 aliphatic carbocycles. The Bertz CT molecular complexity index is 594. The third-order valence-corrected chi connectivity index (χ3v) is 4.54. The van der Waals surface area contributed by atoms with E-state index in [1.54, 1.807) is 0 Å². The molecule has 0 amide bonds. The van der Waals surface area contributed by atoms with Crippen LogP contribution in [-0.4, -0.2) is 11.0 Å². The summed E-state index contributed by atoms with van der Waals surface area (Å²) in [7, 11) is 0. The zero-order valence-corrected chi connectivity index (χ0v) is 12.1. The van der Waals surface area contributed by atoms with Crippen molar-refractivity contribution in [3.05, 3.63) is 30.5 Å².